The van der Waals surface area contributed by atoms with Gasteiger partial charge in [-0.25, -0.2) is 0 Å². The molecule has 2 bridgehead atoms. The van der Waals surface area contributed by atoms with E-state index in [-0.39, 0.29) is 24.0 Å². The van der Waals surface area contributed by atoms with E-state index in [1.54, 1.807) is 13.1 Å². The maximum Gasteiger partial charge on any atom is 0.255 e. The lowest BCUT2D eigenvalue weighted by Gasteiger charge is -2.41. The predicted molar refractivity (Wildman–Crippen MR) is 101 cm³/mol. The highest BCUT2D eigenvalue weighted by molar-refractivity contribution is 5.95. The van der Waals surface area contributed by atoms with Crippen LogP contribution >= 0.6 is 0 Å². The Morgan fingerprint density at radius 2 is 1.74 bits per heavy atom. The van der Waals surface area contributed by atoms with Gasteiger partial charge in [-0.3, -0.25) is 14.6 Å². The molecule has 2 amide bonds. The summed E-state index contributed by atoms with van der Waals surface area (Å²) in [6, 6.07) is 4.40. The average Bonchev–Trinajstić information content (AvgIpc) is 2.94. The van der Waals surface area contributed by atoms with Gasteiger partial charge in [0, 0.05) is 44.0 Å². The van der Waals surface area contributed by atoms with Crippen molar-refractivity contribution in [2.75, 3.05) is 13.1 Å². The Bertz CT molecular complexity index is 700. The summed E-state index contributed by atoms with van der Waals surface area (Å²) < 4.78 is 6.41. The number of likely N-dealkylation sites (tertiary alicyclic amines) is 1. The zero-order valence-electron chi connectivity index (χ0n) is 16.3. The number of piperidine rings is 2. The number of nitrogens with zero attached hydrogens (tertiary/aromatic N) is 3. The van der Waals surface area contributed by atoms with Gasteiger partial charge in [0.15, 0.2) is 0 Å². The SMILES string of the molecule is CC(=O)N1[C@@H]2CC[C@H]1CC(OC1CCN(C(=O)c3cccnc3C)CC1)C2. The van der Waals surface area contributed by atoms with Crippen LogP contribution in [-0.4, -0.2) is 64.0 Å². The van der Waals surface area contributed by atoms with Gasteiger partial charge in [-0.1, -0.05) is 0 Å². The lowest BCUT2D eigenvalue weighted by atomic mass is 9.98. The third-order valence-electron chi connectivity index (χ3n) is 6.40. The summed E-state index contributed by atoms with van der Waals surface area (Å²) >= 11 is 0. The minimum absolute atomic E-state index is 0.0758. The highest BCUT2D eigenvalue weighted by atomic mass is 16.5. The monoisotopic (exact) mass is 371 g/mol. The number of amides is 2. The van der Waals surface area contributed by atoms with E-state index < -0.39 is 0 Å². The Labute approximate surface area is 160 Å². The van der Waals surface area contributed by atoms with E-state index in [1.165, 1.54) is 0 Å². The summed E-state index contributed by atoms with van der Waals surface area (Å²) in [7, 11) is 0. The first-order valence-corrected chi connectivity index (χ1v) is 10.2. The topological polar surface area (TPSA) is 62.7 Å². The first-order valence-electron chi connectivity index (χ1n) is 10.2. The van der Waals surface area contributed by atoms with Crippen molar-refractivity contribution in [1.29, 1.82) is 0 Å². The maximum absolute atomic E-state index is 12.7. The van der Waals surface area contributed by atoms with Crippen LogP contribution in [0.25, 0.3) is 0 Å². The third-order valence-corrected chi connectivity index (χ3v) is 6.40. The molecule has 27 heavy (non-hydrogen) atoms. The van der Waals surface area contributed by atoms with Crippen LogP contribution in [0.15, 0.2) is 18.3 Å². The van der Waals surface area contributed by atoms with Crippen LogP contribution in [0.3, 0.4) is 0 Å². The van der Waals surface area contributed by atoms with Crippen molar-refractivity contribution in [1.82, 2.24) is 14.8 Å². The number of carbonyl (C=O) groups is 2. The Morgan fingerprint density at radius 1 is 1.07 bits per heavy atom. The second-order valence-corrected chi connectivity index (χ2v) is 8.17. The first-order chi connectivity index (χ1) is 13.0. The van der Waals surface area contributed by atoms with Gasteiger partial charge >= 0.3 is 0 Å². The zero-order valence-corrected chi connectivity index (χ0v) is 16.3. The molecular weight excluding hydrogens is 342 g/mol. The third kappa shape index (κ3) is 3.72. The molecule has 0 N–H and O–H groups in total. The standard InChI is InChI=1S/C21H29N3O3/c1-14-20(4-3-9-22-14)21(26)23-10-7-18(8-11-23)27-19-12-16-5-6-17(13-19)24(16)15(2)25/h3-4,9,16-19H,5-8,10-13H2,1-2H3/t16-,17+,19?. The van der Waals surface area contributed by atoms with Gasteiger partial charge in [0.1, 0.15) is 0 Å². The lowest BCUT2D eigenvalue weighted by molar-refractivity contribution is -0.138. The number of aromatic nitrogens is 1. The Kier molecular flexibility index (Phi) is 5.17. The van der Waals surface area contributed by atoms with Gasteiger partial charge in [0.2, 0.25) is 5.91 Å². The number of aryl methyl sites for hydroxylation is 1. The van der Waals surface area contributed by atoms with E-state index in [0.717, 1.165) is 57.3 Å². The van der Waals surface area contributed by atoms with Crippen LogP contribution in [0, 0.1) is 6.92 Å². The van der Waals surface area contributed by atoms with Crippen LogP contribution in [0.4, 0.5) is 0 Å². The van der Waals surface area contributed by atoms with Gasteiger partial charge < -0.3 is 14.5 Å². The van der Waals surface area contributed by atoms with Crippen molar-refractivity contribution in [3.8, 4) is 0 Å². The molecule has 1 aromatic rings. The fraction of sp³-hybridized carbons (Fsp3) is 0.667. The minimum atomic E-state index is 0.0758. The summed E-state index contributed by atoms with van der Waals surface area (Å²) in [4.78, 5) is 32.8. The van der Waals surface area contributed by atoms with E-state index in [1.807, 2.05) is 24.0 Å². The quantitative estimate of drug-likeness (QED) is 0.819. The van der Waals surface area contributed by atoms with Crippen molar-refractivity contribution < 1.29 is 14.3 Å². The largest absolute Gasteiger partial charge is 0.375 e. The predicted octanol–water partition coefficient (Wildman–Crippen LogP) is 2.55. The minimum Gasteiger partial charge on any atom is -0.375 e. The summed E-state index contributed by atoms with van der Waals surface area (Å²) in [6.07, 6.45) is 8.11. The molecule has 0 aromatic carbocycles. The molecule has 3 atom stereocenters. The Morgan fingerprint density at radius 3 is 2.33 bits per heavy atom. The molecule has 3 saturated heterocycles. The molecular formula is C21H29N3O3. The first kappa shape index (κ1) is 18.4. The fourth-order valence-electron chi connectivity index (χ4n) is 5.10. The van der Waals surface area contributed by atoms with E-state index >= 15 is 0 Å². The van der Waals surface area contributed by atoms with E-state index in [4.69, 9.17) is 4.74 Å². The second-order valence-electron chi connectivity index (χ2n) is 8.17. The van der Waals surface area contributed by atoms with E-state index in [9.17, 15) is 9.59 Å². The van der Waals surface area contributed by atoms with Crippen LogP contribution in [0.5, 0.6) is 0 Å². The molecule has 4 heterocycles. The number of hydrogen-bond donors (Lipinski definition) is 0. The number of fused-ring (bicyclic) bond motifs is 2. The molecule has 0 radical (unpaired) electrons. The molecule has 0 saturated carbocycles. The van der Waals surface area contributed by atoms with Crippen LogP contribution in [-0.2, 0) is 9.53 Å². The highest BCUT2D eigenvalue weighted by Gasteiger charge is 2.43. The second kappa shape index (κ2) is 7.58. The summed E-state index contributed by atoms with van der Waals surface area (Å²) in [5, 5.41) is 0. The van der Waals surface area contributed by atoms with Crippen molar-refractivity contribution in [3.63, 3.8) is 0 Å². The highest BCUT2D eigenvalue weighted by Crippen LogP contribution is 2.37. The van der Waals surface area contributed by atoms with E-state index in [2.05, 4.69) is 9.88 Å². The number of hydrogen-bond acceptors (Lipinski definition) is 4. The molecule has 0 spiro atoms. The molecule has 3 fully saturated rings. The molecule has 3 aliphatic rings. The molecule has 6 nitrogen and oxygen atoms in total. The smallest absolute Gasteiger partial charge is 0.255 e. The molecule has 1 aromatic heterocycles. The molecule has 146 valence electrons. The normalized spacial score (nSPS) is 28.4. The number of rotatable bonds is 3. The van der Waals surface area contributed by atoms with Crippen LogP contribution < -0.4 is 0 Å². The number of pyridine rings is 1. The van der Waals surface area contributed by atoms with E-state index in [0.29, 0.717) is 17.6 Å². The summed E-state index contributed by atoms with van der Waals surface area (Å²) in [5.41, 5.74) is 1.48. The van der Waals surface area contributed by atoms with Gasteiger partial charge in [0.25, 0.3) is 5.91 Å². The Balaban J connectivity index is 1.29. The zero-order chi connectivity index (χ0) is 19.0. The maximum atomic E-state index is 12.7. The van der Waals surface area contributed by atoms with Crippen molar-refractivity contribution in [2.45, 2.75) is 76.7 Å². The van der Waals surface area contributed by atoms with Gasteiger partial charge in [-0.2, -0.15) is 0 Å². The van der Waals surface area contributed by atoms with Gasteiger partial charge in [-0.05, 0) is 57.6 Å². The average molecular weight is 371 g/mol. The van der Waals surface area contributed by atoms with Gasteiger partial charge in [-0.15, -0.1) is 0 Å². The number of carbonyl (C=O) groups excluding carboxylic acids is 2. The van der Waals surface area contributed by atoms with Crippen molar-refractivity contribution in [3.05, 3.63) is 29.6 Å². The fourth-order valence-corrected chi connectivity index (χ4v) is 5.10. The molecule has 6 heteroatoms. The van der Waals surface area contributed by atoms with Crippen LogP contribution in [0.2, 0.25) is 0 Å². The summed E-state index contributed by atoms with van der Waals surface area (Å²) in [6.45, 7) is 5.03. The summed E-state index contributed by atoms with van der Waals surface area (Å²) in [5.74, 6) is 0.283. The van der Waals surface area contributed by atoms with Gasteiger partial charge in [0.05, 0.1) is 17.8 Å². The molecule has 0 aliphatic carbocycles. The number of ether oxygens (including phenoxy) is 1. The molecule has 1 unspecified atom stereocenters. The molecule has 4 rings (SSSR count). The van der Waals surface area contributed by atoms with Crippen LogP contribution in [0.1, 0.15) is 61.5 Å². The van der Waals surface area contributed by atoms with Crippen molar-refractivity contribution in [2.24, 2.45) is 0 Å². The lowest BCUT2D eigenvalue weighted by Crippen LogP contribution is -2.49. The Hall–Kier alpha value is -1.95. The van der Waals surface area contributed by atoms with Crippen molar-refractivity contribution >= 4 is 11.8 Å². The molecule has 3 aliphatic heterocycles.